The zero-order valence-corrected chi connectivity index (χ0v) is 14.8. The third-order valence-corrected chi connectivity index (χ3v) is 4.95. The second-order valence-electron chi connectivity index (χ2n) is 5.81. The Bertz CT molecular complexity index is 708. The number of amides is 2. The Morgan fingerprint density at radius 3 is 2.65 bits per heavy atom. The van der Waals surface area contributed by atoms with Crippen molar-refractivity contribution in [3.63, 3.8) is 0 Å². The molecule has 122 valence electrons. The molecular formula is C16H19BrN4O2. The van der Waals surface area contributed by atoms with Crippen molar-refractivity contribution in [3.8, 4) is 0 Å². The molecule has 2 aromatic rings. The molecule has 1 N–H and O–H groups in total. The van der Waals surface area contributed by atoms with Crippen LogP contribution in [0.2, 0.25) is 0 Å². The summed E-state index contributed by atoms with van der Waals surface area (Å²) in [6, 6.07) is 5.73. The fourth-order valence-electron chi connectivity index (χ4n) is 2.68. The van der Waals surface area contributed by atoms with Crippen molar-refractivity contribution in [2.75, 3.05) is 18.4 Å². The predicted octanol–water partition coefficient (Wildman–Crippen LogP) is 3.86. The van der Waals surface area contributed by atoms with E-state index in [-0.39, 0.29) is 11.9 Å². The molecule has 0 saturated carbocycles. The van der Waals surface area contributed by atoms with E-state index < -0.39 is 0 Å². The van der Waals surface area contributed by atoms with Gasteiger partial charge in [0.2, 0.25) is 11.8 Å². The predicted molar refractivity (Wildman–Crippen MR) is 90.5 cm³/mol. The van der Waals surface area contributed by atoms with Crippen LogP contribution in [0.1, 0.15) is 36.1 Å². The average molecular weight is 379 g/mol. The monoisotopic (exact) mass is 378 g/mol. The first-order valence-corrected chi connectivity index (χ1v) is 8.44. The van der Waals surface area contributed by atoms with E-state index in [1.807, 2.05) is 30.0 Å². The SMILES string of the molecule is Cc1nnc(C2CCN(C(=O)Nc3ccc(C)c(Br)c3)CC2)o1. The first-order chi connectivity index (χ1) is 11.0. The lowest BCUT2D eigenvalue weighted by Gasteiger charge is -2.30. The minimum atomic E-state index is -0.0686. The Labute approximate surface area is 143 Å². The minimum absolute atomic E-state index is 0.0686. The number of urea groups is 1. The highest BCUT2D eigenvalue weighted by molar-refractivity contribution is 9.10. The summed E-state index contributed by atoms with van der Waals surface area (Å²) in [5, 5.41) is 10.9. The summed E-state index contributed by atoms with van der Waals surface area (Å²) in [5.74, 6) is 1.52. The van der Waals surface area contributed by atoms with Crippen molar-refractivity contribution in [3.05, 3.63) is 40.0 Å². The van der Waals surface area contributed by atoms with E-state index in [1.165, 1.54) is 0 Å². The molecule has 7 heteroatoms. The fraction of sp³-hybridized carbons (Fsp3) is 0.438. The van der Waals surface area contributed by atoms with Crippen LogP contribution < -0.4 is 5.32 Å². The standard InChI is InChI=1S/C16H19BrN4O2/c1-10-3-4-13(9-14(10)17)18-16(22)21-7-5-12(6-8-21)15-20-19-11(2)23-15/h3-4,9,12H,5-8H2,1-2H3,(H,18,22). The molecule has 0 unspecified atom stereocenters. The van der Waals surface area contributed by atoms with E-state index in [4.69, 9.17) is 4.42 Å². The Kier molecular flexibility index (Phi) is 4.66. The van der Waals surface area contributed by atoms with Gasteiger partial charge in [0.1, 0.15) is 0 Å². The molecule has 0 bridgehead atoms. The molecular weight excluding hydrogens is 360 g/mol. The molecule has 2 heterocycles. The summed E-state index contributed by atoms with van der Waals surface area (Å²) in [6.07, 6.45) is 1.68. The Hall–Kier alpha value is -1.89. The molecule has 23 heavy (non-hydrogen) atoms. The van der Waals surface area contributed by atoms with E-state index in [1.54, 1.807) is 6.92 Å². The van der Waals surface area contributed by atoms with Crippen molar-refractivity contribution < 1.29 is 9.21 Å². The molecule has 3 rings (SSSR count). The van der Waals surface area contributed by atoms with Gasteiger partial charge in [-0.05, 0) is 37.5 Å². The highest BCUT2D eigenvalue weighted by Crippen LogP contribution is 2.27. The fourth-order valence-corrected chi connectivity index (χ4v) is 3.06. The Morgan fingerprint density at radius 2 is 2.04 bits per heavy atom. The molecule has 2 amide bonds. The minimum Gasteiger partial charge on any atom is -0.425 e. The van der Waals surface area contributed by atoms with Gasteiger partial charge in [-0.3, -0.25) is 0 Å². The van der Waals surface area contributed by atoms with Gasteiger partial charge >= 0.3 is 6.03 Å². The maximum Gasteiger partial charge on any atom is 0.321 e. The molecule has 1 aliphatic rings. The molecule has 1 fully saturated rings. The summed E-state index contributed by atoms with van der Waals surface area (Å²) in [6.45, 7) is 5.18. The Morgan fingerprint density at radius 1 is 1.30 bits per heavy atom. The van der Waals surface area contributed by atoms with Gasteiger partial charge in [0.05, 0.1) is 0 Å². The number of aryl methyl sites for hydroxylation is 2. The maximum atomic E-state index is 12.4. The number of rotatable bonds is 2. The highest BCUT2D eigenvalue weighted by Gasteiger charge is 2.27. The molecule has 1 aromatic heterocycles. The number of halogens is 1. The summed E-state index contributed by atoms with van der Waals surface area (Å²) < 4.78 is 6.48. The molecule has 0 atom stereocenters. The van der Waals surface area contributed by atoms with Crippen LogP contribution in [0.25, 0.3) is 0 Å². The second kappa shape index (κ2) is 6.70. The zero-order valence-electron chi connectivity index (χ0n) is 13.2. The van der Waals surface area contributed by atoms with E-state index in [0.717, 1.165) is 28.6 Å². The van der Waals surface area contributed by atoms with Crippen LogP contribution in [0.3, 0.4) is 0 Å². The van der Waals surface area contributed by atoms with Gasteiger partial charge in [0.25, 0.3) is 0 Å². The quantitative estimate of drug-likeness (QED) is 0.860. The van der Waals surface area contributed by atoms with Crippen LogP contribution in [-0.2, 0) is 0 Å². The third kappa shape index (κ3) is 3.72. The Balaban J connectivity index is 1.56. The van der Waals surface area contributed by atoms with Gasteiger partial charge in [0, 0.05) is 36.1 Å². The summed E-state index contributed by atoms with van der Waals surface area (Å²) in [7, 11) is 0. The number of anilines is 1. The number of carbonyl (C=O) groups is 1. The van der Waals surface area contributed by atoms with Crippen LogP contribution >= 0.6 is 15.9 Å². The first-order valence-electron chi connectivity index (χ1n) is 7.65. The molecule has 1 aliphatic heterocycles. The number of nitrogens with one attached hydrogen (secondary N) is 1. The van der Waals surface area contributed by atoms with E-state index >= 15 is 0 Å². The number of likely N-dealkylation sites (tertiary alicyclic amines) is 1. The van der Waals surface area contributed by atoms with Crippen molar-refractivity contribution >= 4 is 27.6 Å². The number of hydrogen-bond donors (Lipinski definition) is 1. The van der Waals surface area contributed by atoms with Crippen LogP contribution in [0.15, 0.2) is 27.1 Å². The van der Waals surface area contributed by atoms with E-state index in [2.05, 4.69) is 31.4 Å². The number of carbonyl (C=O) groups excluding carboxylic acids is 1. The second-order valence-corrected chi connectivity index (χ2v) is 6.67. The number of aromatic nitrogens is 2. The highest BCUT2D eigenvalue weighted by atomic mass is 79.9. The largest absolute Gasteiger partial charge is 0.425 e. The smallest absolute Gasteiger partial charge is 0.321 e. The first kappa shape index (κ1) is 16.0. The van der Waals surface area contributed by atoms with Gasteiger partial charge in [-0.1, -0.05) is 22.0 Å². The van der Waals surface area contributed by atoms with E-state index in [9.17, 15) is 4.79 Å². The van der Waals surface area contributed by atoms with Crippen molar-refractivity contribution in [1.82, 2.24) is 15.1 Å². The van der Waals surface area contributed by atoms with Crippen LogP contribution in [0.4, 0.5) is 10.5 Å². The molecule has 0 aliphatic carbocycles. The lowest BCUT2D eigenvalue weighted by molar-refractivity contribution is 0.189. The lowest BCUT2D eigenvalue weighted by atomic mass is 9.97. The molecule has 0 radical (unpaired) electrons. The van der Waals surface area contributed by atoms with Crippen molar-refractivity contribution in [1.29, 1.82) is 0 Å². The van der Waals surface area contributed by atoms with Gasteiger partial charge in [-0.25, -0.2) is 4.79 Å². The molecule has 1 aromatic carbocycles. The van der Waals surface area contributed by atoms with Gasteiger partial charge in [0.15, 0.2) is 0 Å². The topological polar surface area (TPSA) is 71.3 Å². The number of benzene rings is 1. The lowest BCUT2D eigenvalue weighted by Crippen LogP contribution is -2.40. The number of nitrogens with zero attached hydrogens (tertiary/aromatic N) is 3. The summed E-state index contributed by atoms with van der Waals surface area (Å²) in [5.41, 5.74) is 1.93. The van der Waals surface area contributed by atoms with E-state index in [0.29, 0.717) is 24.9 Å². The maximum absolute atomic E-state index is 12.4. The zero-order chi connectivity index (χ0) is 16.4. The average Bonchev–Trinajstić information content (AvgIpc) is 2.97. The number of hydrogen-bond acceptors (Lipinski definition) is 4. The van der Waals surface area contributed by atoms with Gasteiger partial charge < -0.3 is 14.6 Å². The van der Waals surface area contributed by atoms with Crippen LogP contribution in [0.5, 0.6) is 0 Å². The number of piperidine rings is 1. The normalized spacial score (nSPS) is 15.7. The third-order valence-electron chi connectivity index (χ3n) is 4.10. The van der Waals surface area contributed by atoms with Crippen molar-refractivity contribution in [2.24, 2.45) is 0 Å². The molecule has 1 saturated heterocycles. The molecule has 0 spiro atoms. The van der Waals surface area contributed by atoms with Crippen LogP contribution in [0, 0.1) is 13.8 Å². The molecule has 6 nitrogen and oxygen atoms in total. The van der Waals surface area contributed by atoms with Gasteiger partial charge in [-0.15, -0.1) is 10.2 Å². The van der Waals surface area contributed by atoms with Gasteiger partial charge in [-0.2, -0.15) is 0 Å². The summed E-state index contributed by atoms with van der Waals surface area (Å²) >= 11 is 3.48. The summed E-state index contributed by atoms with van der Waals surface area (Å²) in [4.78, 5) is 14.2. The van der Waals surface area contributed by atoms with Crippen molar-refractivity contribution in [2.45, 2.75) is 32.6 Å². The van der Waals surface area contributed by atoms with Crippen LogP contribution in [-0.4, -0.2) is 34.2 Å².